The number of aliphatic hydroxyl groups excluding tert-OH is 1. The van der Waals surface area contributed by atoms with Gasteiger partial charge in [-0.1, -0.05) is 20.8 Å². The van der Waals surface area contributed by atoms with Gasteiger partial charge in [0.25, 0.3) is 0 Å². The Labute approximate surface area is 173 Å². The largest absolute Gasteiger partial charge is 0.481 e. The van der Waals surface area contributed by atoms with Crippen molar-refractivity contribution in [2.45, 2.75) is 84.7 Å². The Morgan fingerprint density at radius 2 is 1.86 bits per heavy atom. The molecule has 4 fully saturated rings. The third kappa shape index (κ3) is 3.10. The maximum atomic E-state index is 13.6. The molecule has 9 atom stereocenters. The van der Waals surface area contributed by atoms with Crippen LogP contribution in [0.3, 0.4) is 0 Å². The predicted octanol–water partition coefficient (Wildman–Crippen LogP) is 3.87. The van der Waals surface area contributed by atoms with Crippen molar-refractivity contribution in [1.29, 1.82) is 0 Å². The van der Waals surface area contributed by atoms with Crippen molar-refractivity contribution in [2.24, 2.45) is 46.3 Å². The summed E-state index contributed by atoms with van der Waals surface area (Å²) in [5, 5.41) is 19.2. The number of ketones is 2. The third-order valence-electron chi connectivity index (χ3n) is 9.87. The van der Waals surface area contributed by atoms with Gasteiger partial charge in [-0.25, -0.2) is 0 Å². The lowest BCUT2D eigenvalue weighted by molar-refractivity contribution is -0.168. The van der Waals surface area contributed by atoms with Crippen LogP contribution in [0.4, 0.5) is 0 Å². The van der Waals surface area contributed by atoms with Crippen molar-refractivity contribution in [3.05, 3.63) is 0 Å². The number of Topliss-reactive ketones (excluding diaryl/α,β-unsaturated/α-hetero) is 2. The number of hydrogen-bond acceptors (Lipinski definition) is 4. The Bertz CT molecular complexity index is 716. The van der Waals surface area contributed by atoms with E-state index in [4.69, 9.17) is 5.11 Å². The standard InChI is InChI=1S/C24H36O5/c1-13(4-7-21(28)29)16-5-6-17-22-18(12-20(27)24(16,17)3)23(2)9-8-15(25)10-14(23)11-19(22)26/h13-18,22,25H,4-12H2,1-3H3,(H,28,29)/t13-,14-,15+,16+,17-,18-,22-,23+,24-/m1/s1. The molecule has 2 N–H and O–H groups in total. The van der Waals surface area contributed by atoms with Crippen LogP contribution >= 0.6 is 0 Å². The van der Waals surface area contributed by atoms with E-state index in [0.717, 1.165) is 25.7 Å². The summed E-state index contributed by atoms with van der Waals surface area (Å²) in [6, 6.07) is 0. The second-order valence-electron chi connectivity index (χ2n) is 11.0. The Morgan fingerprint density at radius 1 is 1.14 bits per heavy atom. The smallest absolute Gasteiger partial charge is 0.303 e. The first-order chi connectivity index (χ1) is 13.6. The normalized spacial score (nSPS) is 47.9. The number of carboxylic acids is 1. The zero-order valence-corrected chi connectivity index (χ0v) is 18.0. The number of aliphatic carboxylic acids is 1. The van der Waals surface area contributed by atoms with Gasteiger partial charge in [-0.05, 0) is 73.5 Å². The summed E-state index contributed by atoms with van der Waals surface area (Å²) in [5.41, 5.74) is -0.520. The van der Waals surface area contributed by atoms with Gasteiger partial charge in [0.05, 0.1) is 6.10 Å². The lowest BCUT2D eigenvalue weighted by Crippen LogP contribution is -2.60. The molecule has 0 unspecified atom stereocenters. The maximum Gasteiger partial charge on any atom is 0.303 e. The molecule has 162 valence electrons. The van der Waals surface area contributed by atoms with E-state index in [1.807, 2.05) is 0 Å². The summed E-state index contributed by atoms with van der Waals surface area (Å²) in [6.45, 7) is 6.44. The van der Waals surface area contributed by atoms with E-state index < -0.39 is 11.4 Å². The van der Waals surface area contributed by atoms with Crippen molar-refractivity contribution in [2.75, 3.05) is 0 Å². The topological polar surface area (TPSA) is 91.7 Å². The predicted molar refractivity (Wildman–Crippen MR) is 108 cm³/mol. The van der Waals surface area contributed by atoms with Gasteiger partial charge in [0.15, 0.2) is 0 Å². The van der Waals surface area contributed by atoms with Crippen LogP contribution in [0.5, 0.6) is 0 Å². The molecule has 0 heterocycles. The van der Waals surface area contributed by atoms with E-state index in [0.29, 0.717) is 37.2 Å². The second-order valence-corrected chi connectivity index (χ2v) is 11.0. The SMILES string of the molecule is C[C@H](CCC(=O)O)[C@@H]1CC[C@@H]2[C@H]3C(=O)C[C@H]4C[C@@H](O)CC[C@]4(C)[C@@H]3CC(=O)[C@@]21C. The van der Waals surface area contributed by atoms with Gasteiger partial charge in [-0.15, -0.1) is 0 Å². The number of hydrogen-bond donors (Lipinski definition) is 2. The molecule has 4 aliphatic rings. The first-order valence-electron chi connectivity index (χ1n) is 11.5. The quantitative estimate of drug-likeness (QED) is 0.742. The Hall–Kier alpha value is -1.23. The Kier molecular flexibility index (Phi) is 5.20. The molecule has 0 aliphatic heterocycles. The Morgan fingerprint density at radius 3 is 2.55 bits per heavy atom. The zero-order valence-electron chi connectivity index (χ0n) is 18.0. The number of carbonyl (C=O) groups is 3. The van der Waals surface area contributed by atoms with Gasteiger partial charge in [0, 0.05) is 30.6 Å². The van der Waals surface area contributed by atoms with Crippen LogP contribution in [0.15, 0.2) is 0 Å². The molecule has 29 heavy (non-hydrogen) atoms. The molecule has 0 saturated heterocycles. The molecular formula is C24H36O5. The molecule has 0 spiro atoms. The van der Waals surface area contributed by atoms with Gasteiger partial charge in [-0.2, -0.15) is 0 Å². The zero-order chi connectivity index (χ0) is 21.1. The Balaban J connectivity index is 1.62. The van der Waals surface area contributed by atoms with E-state index >= 15 is 0 Å². The molecule has 0 aromatic heterocycles. The highest BCUT2D eigenvalue weighted by atomic mass is 16.4. The first kappa shape index (κ1) is 21.0. The van der Waals surface area contributed by atoms with E-state index in [1.165, 1.54) is 0 Å². The molecule has 0 bridgehead atoms. The van der Waals surface area contributed by atoms with Gasteiger partial charge < -0.3 is 10.2 Å². The highest BCUT2D eigenvalue weighted by Gasteiger charge is 2.66. The fourth-order valence-corrected chi connectivity index (χ4v) is 8.13. The van der Waals surface area contributed by atoms with Gasteiger partial charge in [0.1, 0.15) is 11.6 Å². The molecule has 4 saturated carbocycles. The summed E-state index contributed by atoms with van der Waals surface area (Å²) < 4.78 is 0. The average molecular weight is 405 g/mol. The number of fused-ring (bicyclic) bond motifs is 5. The van der Waals surface area contributed by atoms with Crippen LogP contribution in [0.1, 0.15) is 78.6 Å². The minimum atomic E-state index is -0.785. The first-order valence-corrected chi connectivity index (χ1v) is 11.5. The van der Waals surface area contributed by atoms with Crippen LogP contribution in [0, 0.1) is 46.3 Å². The number of aliphatic hydroxyl groups is 1. The maximum absolute atomic E-state index is 13.6. The van der Waals surface area contributed by atoms with Crippen molar-refractivity contribution >= 4 is 17.5 Å². The number of carboxylic acid groups (broad SMARTS) is 1. The van der Waals surface area contributed by atoms with E-state index in [9.17, 15) is 19.5 Å². The monoisotopic (exact) mass is 404 g/mol. The van der Waals surface area contributed by atoms with Crippen molar-refractivity contribution in [3.8, 4) is 0 Å². The molecule has 0 aromatic carbocycles. The molecule has 5 nitrogen and oxygen atoms in total. The van der Waals surface area contributed by atoms with Crippen molar-refractivity contribution in [1.82, 2.24) is 0 Å². The van der Waals surface area contributed by atoms with E-state index in [1.54, 1.807) is 0 Å². The second kappa shape index (κ2) is 7.18. The molecule has 0 radical (unpaired) electrons. The molecular weight excluding hydrogens is 368 g/mol. The summed E-state index contributed by atoms with van der Waals surface area (Å²) in [5.74, 6) is 0.550. The van der Waals surface area contributed by atoms with Crippen LogP contribution in [0.2, 0.25) is 0 Å². The van der Waals surface area contributed by atoms with Crippen molar-refractivity contribution in [3.63, 3.8) is 0 Å². The lowest BCUT2D eigenvalue weighted by atomic mass is 9.43. The van der Waals surface area contributed by atoms with Gasteiger partial charge in [-0.3, -0.25) is 14.4 Å². The van der Waals surface area contributed by atoms with E-state index in [2.05, 4.69) is 20.8 Å². The summed E-state index contributed by atoms with van der Waals surface area (Å²) >= 11 is 0. The van der Waals surface area contributed by atoms with E-state index in [-0.39, 0.29) is 53.4 Å². The highest BCUT2D eigenvalue weighted by molar-refractivity contribution is 5.92. The fourth-order valence-electron chi connectivity index (χ4n) is 8.13. The third-order valence-corrected chi connectivity index (χ3v) is 9.87. The van der Waals surface area contributed by atoms with Crippen molar-refractivity contribution < 1.29 is 24.6 Å². The molecule has 0 amide bonds. The molecule has 4 rings (SSSR count). The summed E-state index contributed by atoms with van der Waals surface area (Å²) in [4.78, 5) is 38.0. The lowest BCUT2D eigenvalue weighted by Gasteiger charge is -2.59. The van der Waals surface area contributed by atoms with Crippen LogP contribution in [-0.2, 0) is 14.4 Å². The fraction of sp³-hybridized carbons (Fsp3) is 0.875. The van der Waals surface area contributed by atoms with Crippen LogP contribution in [0.25, 0.3) is 0 Å². The number of rotatable bonds is 4. The summed E-state index contributed by atoms with van der Waals surface area (Å²) in [7, 11) is 0. The van der Waals surface area contributed by atoms with Crippen LogP contribution < -0.4 is 0 Å². The minimum Gasteiger partial charge on any atom is -0.481 e. The van der Waals surface area contributed by atoms with Crippen LogP contribution in [-0.4, -0.2) is 33.9 Å². The summed E-state index contributed by atoms with van der Waals surface area (Å²) in [6.07, 6.45) is 5.64. The minimum absolute atomic E-state index is 0.0260. The van der Waals surface area contributed by atoms with Gasteiger partial charge >= 0.3 is 5.97 Å². The molecule has 0 aromatic rings. The highest BCUT2D eigenvalue weighted by Crippen LogP contribution is 2.66. The van der Waals surface area contributed by atoms with Gasteiger partial charge in [0.2, 0.25) is 0 Å². The molecule has 4 aliphatic carbocycles. The average Bonchev–Trinajstić information content (AvgIpc) is 3.01. The molecule has 5 heteroatoms. The number of carbonyl (C=O) groups excluding carboxylic acids is 2.